The van der Waals surface area contributed by atoms with Crippen molar-refractivity contribution < 1.29 is 19.7 Å². The van der Waals surface area contributed by atoms with Crippen molar-refractivity contribution in [1.82, 2.24) is 20.3 Å². The smallest absolute Gasteiger partial charge is 0.274 e. The Morgan fingerprint density at radius 1 is 1.28 bits per heavy atom. The molecular formula is C16H14N4O4S. The number of thiazole rings is 1. The van der Waals surface area contributed by atoms with E-state index in [1.54, 1.807) is 23.7 Å². The van der Waals surface area contributed by atoms with Crippen molar-refractivity contribution in [3.8, 4) is 28.2 Å². The SMILES string of the molecule is COc1ccccc1CNC(=O)c1nc(-c2nccs2)nc(O)c1O. The molecule has 0 spiro atoms. The second-order valence-electron chi connectivity index (χ2n) is 4.90. The maximum atomic E-state index is 12.4. The van der Waals surface area contributed by atoms with Crippen LogP contribution in [0.1, 0.15) is 16.1 Å². The first kappa shape index (κ1) is 16.7. The fraction of sp³-hybridized carbons (Fsp3) is 0.125. The molecule has 8 nitrogen and oxygen atoms in total. The molecule has 3 aromatic rings. The van der Waals surface area contributed by atoms with Gasteiger partial charge in [-0.2, -0.15) is 4.98 Å². The highest BCUT2D eigenvalue weighted by Crippen LogP contribution is 2.29. The number of para-hydroxylation sites is 1. The Morgan fingerprint density at radius 2 is 2.08 bits per heavy atom. The zero-order valence-electron chi connectivity index (χ0n) is 13.1. The van der Waals surface area contributed by atoms with Crippen LogP contribution in [-0.4, -0.2) is 38.2 Å². The van der Waals surface area contributed by atoms with E-state index in [0.717, 1.165) is 5.56 Å². The largest absolute Gasteiger partial charge is 0.501 e. The van der Waals surface area contributed by atoms with Gasteiger partial charge in [0.25, 0.3) is 11.8 Å². The zero-order valence-corrected chi connectivity index (χ0v) is 13.9. The molecule has 2 aromatic heterocycles. The average molecular weight is 358 g/mol. The highest BCUT2D eigenvalue weighted by atomic mass is 32.1. The van der Waals surface area contributed by atoms with E-state index in [0.29, 0.717) is 10.8 Å². The van der Waals surface area contributed by atoms with Gasteiger partial charge in [-0.15, -0.1) is 11.3 Å². The van der Waals surface area contributed by atoms with E-state index in [-0.39, 0.29) is 18.1 Å². The van der Waals surface area contributed by atoms with Gasteiger partial charge in [0.15, 0.2) is 16.5 Å². The summed E-state index contributed by atoms with van der Waals surface area (Å²) in [5.41, 5.74) is 0.434. The Labute approximate surface area is 146 Å². The number of hydrogen-bond acceptors (Lipinski definition) is 8. The van der Waals surface area contributed by atoms with Gasteiger partial charge in [0.1, 0.15) is 5.75 Å². The van der Waals surface area contributed by atoms with Crippen molar-refractivity contribution in [2.24, 2.45) is 0 Å². The summed E-state index contributed by atoms with van der Waals surface area (Å²) in [6.45, 7) is 0.166. The lowest BCUT2D eigenvalue weighted by Gasteiger charge is -2.10. The highest BCUT2D eigenvalue weighted by molar-refractivity contribution is 7.13. The first-order chi connectivity index (χ1) is 12.1. The highest BCUT2D eigenvalue weighted by Gasteiger charge is 2.21. The minimum absolute atomic E-state index is 0.0627. The van der Waals surface area contributed by atoms with E-state index in [9.17, 15) is 15.0 Å². The quantitative estimate of drug-likeness (QED) is 0.638. The third kappa shape index (κ3) is 3.50. The summed E-state index contributed by atoms with van der Waals surface area (Å²) in [6.07, 6.45) is 1.55. The maximum Gasteiger partial charge on any atom is 0.274 e. The van der Waals surface area contributed by atoms with Crippen LogP contribution in [0.2, 0.25) is 0 Å². The van der Waals surface area contributed by atoms with Crippen molar-refractivity contribution in [1.29, 1.82) is 0 Å². The van der Waals surface area contributed by atoms with Gasteiger partial charge in [-0.05, 0) is 6.07 Å². The molecule has 128 valence electrons. The van der Waals surface area contributed by atoms with Crippen LogP contribution in [0.15, 0.2) is 35.8 Å². The molecule has 9 heteroatoms. The summed E-state index contributed by atoms with van der Waals surface area (Å²) in [5, 5.41) is 24.5. The predicted octanol–water partition coefficient (Wildman–Crippen LogP) is 1.95. The molecule has 1 amide bonds. The standard InChI is InChI=1S/C16H14N4O4S/c1-24-10-5-3-2-4-9(10)8-18-14(22)11-12(21)15(23)20-13(19-11)16-17-6-7-25-16/h2-7,21H,8H2,1H3,(H,18,22)(H,19,20,23). The number of hydrogen-bond donors (Lipinski definition) is 3. The van der Waals surface area contributed by atoms with Gasteiger partial charge < -0.3 is 20.3 Å². The van der Waals surface area contributed by atoms with Crippen LogP contribution >= 0.6 is 11.3 Å². The number of carbonyl (C=O) groups excluding carboxylic acids is 1. The molecule has 0 unspecified atom stereocenters. The summed E-state index contributed by atoms with van der Waals surface area (Å²) in [6, 6.07) is 7.21. The molecule has 1 aromatic carbocycles. The van der Waals surface area contributed by atoms with Crippen LogP contribution in [0, 0.1) is 0 Å². The molecule has 0 fully saturated rings. The van der Waals surface area contributed by atoms with Gasteiger partial charge in [-0.3, -0.25) is 4.79 Å². The van der Waals surface area contributed by atoms with E-state index < -0.39 is 17.5 Å². The van der Waals surface area contributed by atoms with E-state index in [1.165, 1.54) is 18.4 Å². The van der Waals surface area contributed by atoms with E-state index in [1.807, 2.05) is 12.1 Å². The Balaban J connectivity index is 1.84. The molecule has 0 aliphatic carbocycles. The second-order valence-corrected chi connectivity index (χ2v) is 5.79. The summed E-state index contributed by atoms with van der Waals surface area (Å²) < 4.78 is 5.22. The van der Waals surface area contributed by atoms with Crippen molar-refractivity contribution >= 4 is 17.2 Å². The summed E-state index contributed by atoms with van der Waals surface area (Å²) in [4.78, 5) is 24.2. The van der Waals surface area contributed by atoms with Crippen LogP contribution in [0.25, 0.3) is 10.8 Å². The molecule has 0 aliphatic heterocycles. The van der Waals surface area contributed by atoms with Crippen LogP contribution < -0.4 is 10.1 Å². The van der Waals surface area contributed by atoms with E-state index in [4.69, 9.17) is 4.74 Å². The van der Waals surface area contributed by atoms with Crippen molar-refractivity contribution in [3.63, 3.8) is 0 Å². The Kier molecular flexibility index (Phi) is 4.75. The number of methoxy groups -OCH3 is 1. The molecule has 3 N–H and O–H groups in total. The molecule has 0 aliphatic rings. The number of ether oxygens (including phenoxy) is 1. The van der Waals surface area contributed by atoms with Crippen molar-refractivity contribution in [2.45, 2.75) is 6.54 Å². The summed E-state index contributed by atoms with van der Waals surface area (Å²) >= 11 is 1.25. The number of amides is 1. The molecule has 0 saturated carbocycles. The fourth-order valence-corrected chi connectivity index (χ4v) is 2.71. The molecule has 0 bridgehead atoms. The molecule has 2 heterocycles. The van der Waals surface area contributed by atoms with Crippen molar-refractivity contribution in [3.05, 3.63) is 47.1 Å². The third-order valence-corrected chi connectivity index (χ3v) is 4.11. The minimum atomic E-state index is -0.683. The van der Waals surface area contributed by atoms with Gasteiger partial charge in [0, 0.05) is 23.7 Å². The molecule has 0 saturated heterocycles. The normalized spacial score (nSPS) is 10.4. The number of nitrogens with one attached hydrogen (secondary N) is 1. The molecular weight excluding hydrogens is 344 g/mol. The second kappa shape index (κ2) is 7.14. The summed E-state index contributed by atoms with van der Waals surface area (Å²) in [5.74, 6) is -1.33. The van der Waals surface area contributed by atoms with Crippen LogP contribution in [0.3, 0.4) is 0 Å². The molecule has 3 rings (SSSR count). The van der Waals surface area contributed by atoms with E-state index >= 15 is 0 Å². The van der Waals surface area contributed by atoms with Gasteiger partial charge in [0.2, 0.25) is 5.75 Å². The molecule has 25 heavy (non-hydrogen) atoms. The van der Waals surface area contributed by atoms with Gasteiger partial charge in [-0.25, -0.2) is 9.97 Å². The first-order valence-corrected chi connectivity index (χ1v) is 8.08. The monoisotopic (exact) mass is 358 g/mol. The minimum Gasteiger partial charge on any atom is -0.501 e. The number of rotatable bonds is 5. The average Bonchev–Trinajstić information content (AvgIpc) is 3.16. The molecule has 0 atom stereocenters. The number of nitrogens with zero attached hydrogens (tertiary/aromatic N) is 3. The van der Waals surface area contributed by atoms with E-state index in [2.05, 4.69) is 20.3 Å². The first-order valence-electron chi connectivity index (χ1n) is 7.20. The zero-order chi connectivity index (χ0) is 17.8. The Hall–Kier alpha value is -3.20. The van der Waals surface area contributed by atoms with Gasteiger partial charge in [0.05, 0.1) is 7.11 Å². The number of aromatic nitrogens is 3. The molecule has 0 radical (unpaired) electrons. The Bertz CT molecular complexity index is 899. The number of benzene rings is 1. The predicted molar refractivity (Wildman–Crippen MR) is 90.6 cm³/mol. The van der Waals surface area contributed by atoms with Gasteiger partial charge in [-0.1, -0.05) is 18.2 Å². The maximum absolute atomic E-state index is 12.4. The summed E-state index contributed by atoms with van der Waals surface area (Å²) in [7, 11) is 1.54. The lowest BCUT2D eigenvalue weighted by atomic mass is 10.2. The third-order valence-electron chi connectivity index (χ3n) is 3.34. The van der Waals surface area contributed by atoms with Crippen molar-refractivity contribution in [2.75, 3.05) is 7.11 Å². The number of aromatic hydroxyl groups is 2. The fourth-order valence-electron chi connectivity index (χ4n) is 2.14. The van der Waals surface area contributed by atoms with Crippen LogP contribution in [-0.2, 0) is 6.54 Å². The van der Waals surface area contributed by atoms with Crippen LogP contribution in [0.4, 0.5) is 0 Å². The topological polar surface area (TPSA) is 117 Å². The van der Waals surface area contributed by atoms with Gasteiger partial charge >= 0.3 is 0 Å². The Morgan fingerprint density at radius 3 is 2.80 bits per heavy atom. The van der Waals surface area contributed by atoms with Crippen LogP contribution in [0.5, 0.6) is 17.4 Å². The lowest BCUT2D eigenvalue weighted by Crippen LogP contribution is -2.24. The number of carbonyl (C=O) groups is 1. The lowest BCUT2D eigenvalue weighted by molar-refractivity contribution is 0.0941.